The Kier molecular flexibility index (Phi) is 3.61. The van der Waals surface area contributed by atoms with Gasteiger partial charge in [-0.15, -0.1) is 0 Å². The largest absolute Gasteiger partial charge is 0.481 e. The molecule has 0 spiro atoms. The monoisotopic (exact) mass is 235 g/mol. The molecular formula is C13H17NO3. The van der Waals surface area contributed by atoms with E-state index in [1.807, 2.05) is 18.2 Å². The molecule has 1 amide bonds. The highest BCUT2D eigenvalue weighted by Crippen LogP contribution is 2.20. The van der Waals surface area contributed by atoms with Crippen LogP contribution in [-0.4, -0.2) is 35.0 Å². The zero-order valence-electron chi connectivity index (χ0n) is 9.76. The van der Waals surface area contributed by atoms with Crippen LogP contribution in [-0.2, 0) is 9.59 Å². The van der Waals surface area contributed by atoms with Crippen molar-refractivity contribution in [3.05, 3.63) is 23.8 Å². The molecule has 1 heterocycles. The molecule has 1 fully saturated rings. The number of carboxylic acids is 1. The summed E-state index contributed by atoms with van der Waals surface area (Å²) in [5.41, 5.74) is 0.710. The Morgan fingerprint density at radius 1 is 1.35 bits per heavy atom. The molecule has 1 N–H and O–H groups in total. The number of allylic oxidation sites excluding steroid dienone is 2. The average molecular weight is 235 g/mol. The summed E-state index contributed by atoms with van der Waals surface area (Å²) in [6.07, 6.45) is 9.10. The molecule has 17 heavy (non-hydrogen) atoms. The summed E-state index contributed by atoms with van der Waals surface area (Å²) in [4.78, 5) is 24.7. The van der Waals surface area contributed by atoms with E-state index in [9.17, 15) is 9.59 Å². The number of hydrogen-bond acceptors (Lipinski definition) is 2. The lowest BCUT2D eigenvalue weighted by atomic mass is 9.97. The van der Waals surface area contributed by atoms with Gasteiger partial charge in [-0.05, 0) is 25.7 Å². The molecule has 4 nitrogen and oxygen atoms in total. The lowest BCUT2D eigenvalue weighted by molar-refractivity contribution is -0.145. The number of amides is 1. The highest BCUT2D eigenvalue weighted by Gasteiger charge is 2.28. The van der Waals surface area contributed by atoms with Crippen molar-refractivity contribution in [2.75, 3.05) is 13.1 Å². The second-order valence-electron chi connectivity index (χ2n) is 4.57. The molecular weight excluding hydrogens is 218 g/mol. The highest BCUT2D eigenvalue weighted by molar-refractivity contribution is 5.96. The number of aliphatic carboxylic acids is 1. The Labute approximate surface area is 101 Å². The normalized spacial score (nSPS) is 24.4. The Morgan fingerprint density at radius 3 is 2.82 bits per heavy atom. The van der Waals surface area contributed by atoms with E-state index in [2.05, 4.69) is 0 Å². The fraction of sp³-hybridized carbons (Fsp3) is 0.538. The van der Waals surface area contributed by atoms with Gasteiger partial charge in [0, 0.05) is 18.7 Å². The molecule has 2 rings (SSSR count). The van der Waals surface area contributed by atoms with Crippen LogP contribution in [0.5, 0.6) is 0 Å². The van der Waals surface area contributed by atoms with E-state index in [0.717, 1.165) is 19.3 Å². The number of carbonyl (C=O) groups excluding carboxylic acids is 1. The van der Waals surface area contributed by atoms with Crippen LogP contribution in [0.15, 0.2) is 23.8 Å². The van der Waals surface area contributed by atoms with E-state index in [1.54, 1.807) is 4.90 Å². The van der Waals surface area contributed by atoms with Gasteiger partial charge in [0.25, 0.3) is 5.91 Å². The Morgan fingerprint density at radius 2 is 2.18 bits per heavy atom. The number of likely N-dealkylation sites (tertiary alicyclic amines) is 1. The summed E-state index contributed by atoms with van der Waals surface area (Å²) in [5.74, 6) is -1.22. The molecule has 1 saturated heterocycles. The first-order valence-electron chi connectivity index (χ1n) is 6.07. The summed E-state index contributed by atoms with van der Waals surface area (Å²) in [7, 11) is 0. The number of carbonyl (C=O) groups is 2. The van der Waals surface area contributed by atoms with Gasteiger partial charge in [0.05, 0.1) is 5.92 Å². The summed E-state index contributed by atoms with van der Waals surface area (Å²) in [6, 6.07) is 0. The quantitative estimate of drug-likeness (QED) is 0.790. The van der Waals surface area contributed by atoms with Crippen molar-refractivity contribution >= 4 is 11.9 Å². The molecule has 0 aromatic heterocycles. The molecule has 4 heteroatoms. The van der Waals surface area contributed by atoms with Crippen molar-refractivity contribution in [2.24, 2.45) is 5.92 Å². The number of carboxylic acid groups (broad SMARTS) is 1. The fourth-order valence-corrected chi connectivity index (χ4v) is 2.32. The first kappa shape index (κ1) is 11.9. The summed E-state index contributed by atoms with van der Waals surface area (Å²) >= 11 is 0. The van der Waals surface area contributed by atoms with Crippen molar-refractivity contribution in [3.8, 4) is 0 Å². The van der Waals surface area contributed by atoms with E-state index in [1.165, 1.54) is 0 Å². The van der Waals surface area contributed by atoms with Gasteiger partial charge in [0.1, 0.15) is 0 Å². The molecule has 92 valence electrons. The minimum atomic E-state index is -0.796. The van der Waals surface area contributed by atoms with Crippen LogP contribution in [0.3, 0.4) is 0 Å². The molecule has 2 aliphatic rings. The van der Waals surface area contributed by atoms with Gasteiger partial charge in [0.2, 0.25) is 0 Å². The van der Waals surface area contributed by atoms with Gasteiger partial charge in [-0.1, -0.05) is 18.2 Å². The maximum absolute atomic E-state index is 12.1. The minimum absolute atomic E-state index is 0.0214. The first-order chi connectivity index (χ1) is 8.18. The fourth-order valence-electron chi connectivity index (χ4n) is 2.32. The van der Waals surface area contributed by atoms with Gasteiger partial charge < -0.3 is 10.0 Å². The van der Waals surface area contributed by atoms with Crippen LogP contribution in [0.1, 0.15) is 25.7 Å². The molecule has 0 bridgehead atoms. The van der Waals surface area contributed by atoms with Crippen molar-refractivity contribution in [2.45, 2.75) is 25.7 Å². The first-order valence-corrected chi connectivity index (χ1v) is 6.07. The third-order valence-electron chi connectivity index (χ3n) is 3.30. The smallest absolute Gasteiger partial charge is 0.308 e. The Hall–Kier alpha value is -1.58. The highest BCUT2D eigenvalue weighted by atomic mass is 16.4. The van der Waals surface area contributed by atoms with Crippen molar-refractivity contribution in [1.29, 1.82) is 0 Å². The van der Waals surface area contributed by atoms with Crippen molar-refractivity contribution < 1.29 is 14.7 Å². The zero-order valence-corrected chi connectivity index (χ0v) is 9.76. The lowest BCUT2D eigenvalue weighted by Crippen LogP contribution is -2.42. The van der Waals surface area contributed by atoms with Crippen molar-refractivity contribution in [3.63, 3.8) is 0 Å². The Balaban J connectivity index is 2.02. The SMILES string of the molecule is O=C(O)C1CCCN(C(=O)C2=CCCC=C2)C1. The van der Waals surface area contributed by atoms with Gasteiger partial charge >= 0.3 is 5.97 Å². The molecule has 0 aromatic carbocycles. The second kappa shape index (κ2) is 5.17. The van der Waals surface area contributed by atoms with Gasteiger partial charge in [-0.3, -0.25) is 9.59 Å². The van der Waals surface area contributed by atoms with Crippen LogP contribution in [0.4, 0.5) is 0 Å². The second-order valence-corrected chi connectivity index (χ2v) is 4.57. The molecule has 1 unspecified atom stereocenters. The van der Waals surface area contributed by atoms with Crippen LogP contribution in [0, 0.1) is 5.92 Å². The van der Waals surface area contributed by atoms with Crippen molar-refractivity contribution in [1.82, 2.24) is 4.90 Å². The number of nitrogens with zero attached hydrogens (tertiary/aromatic N) is 1. The number of hydrogen-bond donors (Lipinski definition) is 1. The summed E-state index contributed by atoms with van der Waals surface area (Å²) in [5, 5.41) is 8.98. The summed E-state index contributed by atoms with van der Waals surface area (Å²) in [6.45, 7) is 1.02. The molecule has 1 atom stereocenters. The maximum atomic E-state index is 12.1. The van der Waals surface area contributed by atoms with Crippen LogP contribution < -0.4 is 0 Å². The average Bonchev–Trinajstić information content (AvgIpc) is 2.39. The van der Waals surface area contributed by atoms with Gasteiger partial charge in [-0.2, -0.15) is 0 Å². The van der Waals surface area contributed by atoms with E-state index < -0.39 is 11.9 Å². The third-order valence-corrected chi connectivity index (χ3v) is 3.30. The maximum Gasteiger partial charge on any atom is 0.308 e. The van der Waals surface area contributed by atoms with Gasteiger partial charge in [0.15, 0.2) is 0 Å². The van der Waals surface area contributed by atoms with E-state index in [4.69, 9.17) is 5.11 Å². The predicted molar refractivity (Wildman–Crippen MR) is 63.4 cm³/mol. The zero-order chi connectivity index (χ0) is 12.3. The van der Waals surface area contributed by atoms with E-state index in [-0.39, 0.29) is 5.91 Å². The molecule has 0 radical (unpaired) electrons. The van der Waals surface area contributed by atoms with Gasteiger partial charge in [-0.25, -0.2) is 0 Å². The van der Waals surface area contributed by atoms with Crippen LogP contribution in [0.2, 0.25) is 0 Å². The Bertz CT molecular complexity index is 384. The number of rotatable bonds is 2. The topological polar surface area (TPSA) is 57.6 Å². The predicted octanol–water partition coefficient (Wildman–Crippen LogP) is 1.59. The molecule has 1 aliphatic carbocycles. The standard InChI is InChI=1S/C13H17NO3/c15-12(10-5-2-1-3-6-10)14-8-4-7-11(9-14)13(16)17/h2,5-6,11H,1,3-4,7-9H2,(H,16,17). The van der Waals surface area contributed by atoms with E-state index >= 15 is 0 Å². The van der Waals surface area contributed by atoms with Crippen LogP contribution >= 0.6 is 0 Å². The third kappa shape index (κ3) is 2.75. The number of piperidine rings is 1. The lowest BCUT2D eigenvalue weighted by Gasteiger charge is -2.31. The molecule has 0 aromatic rings. The molecule has 1 aliphatic heterocycles. The molecule has 0 saturated carbocycles. The van der Waals surface area contributed by atoms with Crippen LogP contribution in [0.25, 0.3) is 0 Å². The minimum Gasteiger partial charge on any atom is -0.481 e. The van der Waals surface area contributed by atoms with E-state index in [0.29, 0.717) is 25.1 Å². The summed E-state index contributed by atoms with van der Waals surface area (Å²) < 4.78 is 0.